The minimum atomic E-state index is -0.609. The third-order valence-electron chi connectivity index (χ3n) is 10.7. The van der Waals surface area contributed by atoms with E-state index in [-0.39, 0.29) is 5.79 Å². The minimum absolute atomic E-state index is 0.351. The van der Waals surface area contributed by atoms with Crippen molar-refractivity contribution in [3.8, 4) is 0 Å². The summed E-state index contributed by atoms with van der Waals surface area (Å²) in [5, 5.41) is 9.26. The number of ether oxygens (including phenoxy) is 2. The molecule has 5 fully saturated rings. The minimum Gasteiger partial charge on any atom is -0.481 e. The van der Waals surface area contributed by atoms with Gasteiger partial charge in [0, 0.05) is 12.3 Å². The Kier molecular flexibility index (Phi) is 4.87. The molecular weight excluding hydrogens is 364 g/mol. The molecule has 1 heterocycles. The van der Waals surface area contributed by atoms with Crippen LogP contribution in [0.25, 0.3) is 0 Å². The molecule has 0 aromatic carbocycles. The average Bonchev–Trinajstić information content (AvgIpc) is 3.25. The van der Waals surface area contributed by atoms with Crippen LogP contribution in [0.2, 0.25) is 0 Å². The molecule has 4 heteroatoms. The van der Waals surface area contributed by atoms with Crippen molar-refractivity contribution in [2.45, 2.75) is 90.8 Å². The predicted molar refractivity (Wildman–Crippen MR) is 111 cm³/mol. The number of hydrogen-bond donors (Lipinski definition) is 1. The quantitative estimate of drug-likeness (QED) is 0.675. The number of hydrogen-bond acceptors (Lipinski definition) is 3. The van der Waals surface area contributed by atoms with Crippen molar-refractivity contribution >= 4 is 5.97 Å². The second-order valence-electron chi connectivity index (χ2n) is 11.8. The zero-order chi connectivity index (χ0) is 20.4. The molecular formula is C25H40O4. The van der Waals surface area contributed by atoms with Crippen molar-refractivity contribution in [1.82, 2.24) is 0 Å². The van der Waals surface area contributed by atoms with Crippen LogP contribution in [-0.4, -0.2) is 30.1 Å². The first-order valence-electron chi connectivity index (χ1n) is 12.3. The highest BCUT2D eigenvalue weighted by Gasteiger charge is 2.63. The van der Waals surface area contributed by atoms with Gasteiger partial charge in [-0.3, -0.25) is 4.79 Å². The van der Waals surface area contributed by atoms with Gasteiger partial charge in [-0.1, -0.05) is 13.8 Å². The summed E-state index contributed by atoms with van der Waals surface area (Å²) in [7, 11) is 0. The number of carboxylic acid groups (broad SMARTS) is 1. The van der Waals surface area contributed by atoms with Crippen LogP contribution in [0.1, 0.15) is 85.0 Å². The maximum absolute atomic E-state index is 11.2. The third-order valence-corrected chi connectivity index (χ3v) is 10.7. The van der Waals surface area contributed by atoms with Gasteiger partial charge in [0.1, 0.15) is 0 Å². The van der Waals surface area contributed by atoms with E-state index in [9.17, 15) is 9.90 Å². The number of carbonyl (C=O) groups is 1. The fourth-order valence-electron chi connectivity index (χ4n) is 9.37. The van der Waals surface area contributed by atoms with Crippen LogP contribution in [0, 0.1) is 46.3 Å². The second kappa shape index (κ2) is 6.95. The SMILES string of the molecule is CC1([C@H]2CCC3C4CC[C@@H]5C[C@H](CC(=O)O)CC[C@]5(C)C4CC[C@@]32C)OCCO1. The number of rotatable bonds is 3. The first kappa shape index (κ1) is 20.3. The molecule has 5 aliphatic rings. The van der Waals surface area contributed by atoms with Crippen molar-refractivity contribution in [3.63, 3.8) is 0 Å². The van der Waals surface area contributed by atoms with E-state index >= 15 is 0 Å². The lowest BCUT2D eigenvalue weighted by Crippen LogP contribution is -2.55. The summed E-state index contributed by atoms with van der Waals surface area (Å²) in [6.45, 7) is 8.82. The lowest BCUT2D eigenvalue weighted by Gasteiger charge is -2.61. The van der Waals surface area contributed by atoms with Gasteiger partial charge in [0.2, 0.25) is 0 Å². The number of fused-ring (bicyclic) bond motifs is 5. The summed E-state index contributed by atoms with van der Waals surface area (Å²) in [6, 6.07) is 0. The van der Waals surface area contributed by atoms with Crippen LogP contribution in [0.4, 0.5) is 0 Å². The van der Waals surface area contributed by atoms with E-state index in [1.54, 1.807) is 0 Å². The fraction of sp³-hybridized carbons (Fsp3) is 0.960. The Morgan fingerprint density at radius 2 is 1.59 bits per heavy atom. The van der Waals surface area contributed by atoms with Crippen molar-refractivity contribution in [2.24, 2.45) is 46.3 Å². The monoisotopic (exact) mass is 404 g/mol. The van der Waals surface area contributed by atoms with Crippen LogP contribution >= 0.6 is 0 Å². The van der Waals surface area contributed by atoms with Gasteiger partial charge >= 0.3 is 5.97 Å². The molecule has 0 spiro atoms. The molecule has 3 unspecified atom stereocenters. The maximum Gasteiger partial charge on any atom is 0.303 e. The summed E-state index contributed by atoms with van der Waals surface area (Å²) >= 11 is 0. The Bertz CT molecular complexity index is 655. The predicted octanol–water partition coefficient (Wildman–Crippen LogP) is 5.50. The molecule has 0 amide bonds. The average molecular weight is 405 g/mol. The van der Waals surface area contributed by atoms with Crippen LogP contribution < -0.4 is 0 Å². The van der Waals surface area contributed by atoms with Gasteiger partial charge in [-0.15, -0.1) is 0 Å². The summed E-state index contributed by atoms with van der Waals surface area (Å²) in [4.78, 5) is 11.2. The number of aliphatic carboxylic acids is 1. The smallest absolute Gasteiger partial charge is 0.303 e. The normalized spacial score (nSPS) is 51.1. The van der Waals surface area contributed by atoms with E-state index < -0.39 is 5.97 Å². The highest BCUT2D eigenvalue weighted by molar-refractivity contribution is 5.67. The molecule has 0 bridgehead atoms. The summed E-state index contributed by atoms with van der Waals surface area (Å²) in [5.74, 6) is 3.19. The van der Waals surface area contributed by atoms with Crippen LogP contribution in [0.3, 0.4) is 0 Å². The fourth-order valence-corrected chi connectivity index (χ4v) is 9.37. The third kappa shape index (κ3) is 3.03. The van der Waals surface area contributed by atoms with Crippen molar-refractivity contribution in [3.05, 3.63) is 0 Å². The van der Waals surface area contributed by atoms with Crippen molar-refractivity contribution < 1.29 is 19.4 Å². The molecule has 29 heavy (non-hydrogen) atoms. The lowest BCUT2D eigenvalue weighted by atomic mass is 9.44. The maximum atomic E-state index is 11.2. The van der Waals surface area contributed by atoms with Crippen LogP contribution in [0.5, 0.6) is 0 Å². The van der Waals surface area contributed by atoms with Gasteiger partial charge < -0.3 is 14.6 Å². The molecule has 4 saturated carbocycles. The zero-order valence-corrected chi connectivity index (χ0v) is 18.6. The molecule has 0 aromatic heterocycles. The van der Waals surface area contributed by atoms with E-state index in [1.165, 1.54) is 44.9 Å². The van der Waals surface area contributed by atoms with Gasteiger partial charge in [0.05, 0.1) is 13.2 Å². The molecule has 5 rings (SSSR count). The molecule has 4 nitrogen and oxygen atoms in total. The molecule has 164 valence electrons. The van der Waals surface area contributed by atoms with Crippen LogP contribution in [-0.2, 0) is 14.3 Å². The van der Waals surface area contributed by atoms with E-state index in [1.807, 2.05) is 0 Å². The van der Waals surface area contributed by atoms with E-state index in [0.717, 1.165) is 49.7 Å². The molecule has 8 atom stereocenters. The zero-order valence-electron chi connectivity index (χ0n) is 18.6. The molecule has 0 aromatic rings. The Hall–Kier alpha value is -0.610. The van der Waals surface area contributed by atoms with E-state index in [4.69, 9.17) is 9.47 Å². The topological polar surface area (TPSA) is 55.8 Å². The molecule has 0 radical (unpaired) electrons. The summed E-state index contributed by atoms with van der Waals surface area (Å²) in [5.41, 5.74) is 0.783. The Morgan fingerprint density at radius 1 is 0.897 bits per heavy atom. The Morgan fingerprint density at radius 3 is 2.31 bits per heavy atom. The standard InChI is InChI=1S/C25H40O4/c1-23-10-8-16(15-22(26)27)14-17(23)4-5-18-19-6-7-21(25(3)28-12-13-29-25)24(19,2)11-9-20(18)23/h16-21H,4-15H2,1-3H3,(H,26,27)/t16-,17-,18?,19?,20?,21+,23+,24+/m1/s1. The summed E-state index contributed by atoms with van der Waals surface area (Å²) in [6.07, 6.45) is 11.8. The molecule has 1 saturated heterocycles. The van der Waals surface area contributed by atoms with E-state index in [2.05, 4.69) is 20.8 Å². The lowest BCUT2D eigenvalue weighted by molar-refractivity contribution is -0.218. The molecule has 1 aliphatic heterocycles. The largest absolute Gasteiger partial charge is 0.481 e. The van der Waals surface area contributed by atoms with Gasteiger partial charge in [-0.25, -0.2) is 0 Å². The molecule has 1 N–H and O–H groups in total. The first-order valence-corrected chi connectivity index (χ1v) is 12.3. The van der Waals surface area contributed by atoms with Gasteiger partial charge in [-0.2, -0.15) is 0 Å². The Balaban J connectivity index is 1.35. The van der Waals surface area contributed by atoms with Crippen molar-refractivity contribution in [2.75, 3.05) is 13.2 Å². The van der Waals surface area contributed by atoms with Crippen LogP contribution in [0.15, 0.2) is 0 Å². The highest BCUT2D eigenvalue weighted by Crippen LogP contribution is 2.69. The van der Waals surface area contributed by atoms with Crippen molar-refractivity contribution in [1.29, 1.82) is 0 Å². The highest BCUT2D eigenvalue weighted by atomic mass is 16.7. The van der Waals surface area contributed by atoms with Gasteiger partial charge in [0.15, 0.2) is 5.79 Å². The first-order chi connectivity index (χ1) is 13.8. The number of carboxylic acids is 1. The Labute approximate surface area is 176 Å². The van der Waals surface area contributed by atoms with Gasteiger partial charge in [0.25, 0.3) is 0 Å². The summed E-state index contributed by atoms with van der Waals surface area (Å²) < 4.78 is 12.3. The van der Waals surface area contributed by atoms with Gasteiger partial charge in [-0.05, 0) is 105 Å². The molecule has 4 aliphatic carbocycles. The van der Waals surface area contributed by atoms with E-state index in [0.29, 0.717) is 29.1 Å². The second-order valence-corrected chi connectivity index (χ2v) is 11.8.